The normalized spacial score (nSPS) is 14.1. The number of para-hydroxylation sites is 1. The minimum absolute atomic E-state index is 0.195. The number of ether oxygens (including phenoxy) is 1. The van der Waals surface area contributed by atoms with E-state index in [4.69, 9.17) is 9.72 Å². The van der Waals surface area contributed by atoms with Crippen LogP contribution in [0.3, 0.4) is 0 Å². The van der Waals surface area contributed by atoms with Gasteiger partial charge in [0.15, 0.2) is 0 Å². The topological polar surface area (TPSA) is 115 Å². The second kappa shape index (κ2) is 12.6. The number of amides is 2. The van der Waals surface area contributed by atoms with Crippen LogP contribution in [-0.4, -0.2) is 75.1 Å². The Bertz CT molecular complexity index is 1530. The maximum Gasteiger partial charge on any atom is 0.410 e. The molecule has 0 bridgehead atoms. The molecule has 1 fully saturated rings. The molecule has 5 rings (SSSR count). The van der Waals surface area contributed by atoms with Crippen molar-refractivity contribution in [3.05, 3.63) is 71.9 Å². The Morgan fingerprint density at radius 1 is 1.02 bits per heavy atom. The van der Waals surface area contributed by atoms with Gasteiger partial charge in [0, 0.05) is 56.6 Å². The summed E-state index contributed by atoms with van der Waals surface area (Å²) >= 11 is 0. The summed E-state index contributed by atoms with van der Waals surface area (Å²) in [4.78, 5) is 42.1. The van der Waals surface area contributed by atoms with Crippen molar-refractivity contribution < 1.29 is 14.3 Å². The molecule has 0 unspecified atom stereocenters. The number of imidazole rings is 1. The summed E-state index contributed by atoms with van der Waals surface area (Å²) in [6.07, 6.45) is 2.51. The Balaban J connectivity index is 1.20. The first-order valence-corrected chi connectivity index (χ1v) is 14.5. The summed E-state index contributed by atoms with van der Waals surface area (Å²) in [6.45, 7) is 12.2. The van der Waals surface area contributed by atoms with Crippen molar-refractivity contribution in [2.75, 3.05) is 43.4 Å². The summed E-state index contributed by atoms with van der Waals surface area (Å²) in [7, 11) is 0. The van der Waals surface area contributed by atoms with Crippen LogP contribution in [0.15, 0.2) is 60.8 Å². The monoisotopic (exact) mass is 569 g/mol. The van der Waals surface area contributed by atoms with E-state index >= 15 is 0 Å². The van der Waals surface area contributed by atoms with Gasteiger partial charge in [-0.1, -0.05) is 25.1 Å². The molecule has 2 aromatic heterocycles. The summed E-state index contributed by atoms with van der Waals surface area (Å²) in [5, 5.41) is 6.33. The van der Waals surface area contributed by atoms with E-state index in [9.17, 15) is 9.59 Å². The molecule has 10 heteroatoms. The number of benzene rings is 2. The van der Waals surface area contributed by atoms with Crippen LogP contribution in [0.4, 0.5) is 16.3 Å². The van der Waals surface area contributed by atoms with Gasteiger partial charge in [-0.3, -0.25) is 9.69 Å². The van der Waals surface area contributed by atoms with Crippen molar-refractivity contribution >= 4 is 34.5 Å². The number of nitrogens with zero attached hydrogens (tertiary/aromatic N) is 4. The number of aromatic nitrogens is 3. The number of carbonyl (C=O) groups is 2. The summed E-state index contributed by atoms with van der Waals surface area (Å²) in [5.41, 5.74) is 4.28. The lowest BCUT2D eigenvalue weighted by atomic mass is 10.1. The minimum atomic E-state index is -0.494. The van der Waals surface area contributed by atoms with E-state index in [2.05, 4.69) is 32.4 Å². The zero-order valence-electron chi connectivity index (χ0n) is 24.7. The molecular weight excluding hydrogens is 530 g/mol. The number of hydrogen-bond acceptors (Lipinski definition) is 7. The van der Waals surface area contributed by atoms with Gasteiger partial charge in [-0.15, -0.1) is 0 Å². The van der Waals surface area contributed by atoms with Crippen molar-refractivity contribution in [3.8, 4) is 11.4 Å². The molecule has 3 heterocycles. The first kappa shape index (κ1) is 29.1. The average molecular weight is 570 g/mol. The molecule has 42 heavy (non-hydrogen) atoms. The van der Waals surface area contributed by atoms with Crippen LogP contribution < -0.4 is 10.6 Å². The van der Waals surface area contributed by atoms with E-state index < -0.39 is 5.60 Å². The van der Waals surface area contributed by atoms with Gasteiger partial charge in [0.25, 0.3) is 5.91 Å². The number of rotatable bonds is 8. The van der Waals surface area contributed by atoms with Crippen molar-refractivity contribution in [2.45, 2.75) is 46.3 Å². The summed E-state index contributed by atoms with van der Waals surface area (Å²) < 4.78 is 5.49. The van der Waals surface area contributed by atoms with E-state index in [1.165, 1.54) is 0 Å². The van der Waals surface area contributed by atoms with Crippen molar-refractivity contribution in [1.82, 2.24) is 24.8 Å². The maximum absolute atomic E-state index is 13.2. The quantitative estimate of drug-likeness (QED) is 0.247. The number of nitrogens with one attached hydrogen (secondary N) is 3. The second-order valence-electron chi connectivity index (χ2n) is 11.5. The number of piperazine rings is 1. The molecule has 1 aliphatic heterocycles. The third-order valence-electron chi connectivity index (χ3n) is 7.00. The maximum atomic E-state index is 13.2. The Morgan fingerprint density at radius 3 is 2.50 bits per heavy atom. The van der Waals surface area contributed by atoms with Crippen LogP contribution in [0, 0.1) is 0 Å². The highest BCUT2D eigenvalue weighted by molar-refractivity contribution is 6.08. The third-order valence-corrected chi connectivity index (χ3v) is 7.00. The molecule has 0 atom stereocenters. The van der Waals surface area contributed by atoms with Crippen LogP contribution in [-0.2, 0) is 11.3 Å². The van der Waals surface area contributed by atoms with Crippen LogP contribution in [0.1, 0.15) is 50.0 Å². The molecule has 0 saturated carbocycles. The lowest BCUT2D eigenvalue weighted by molar-refractivity contribution is 0.0139. The lowest BCUT2D eigenvalue weighted by Crippen LogP contribution is -2.49. The molecule has 4 aromatic rings. The largest absolute Gasteiger partial charge is 0.444 e. The predicted octanol–water partition coefficient (Wildman–Crippen LogP) is 5.75. The van der Waals surface area contributed by atoms with Crippen molar-refractivity contribution in [1.29, 1.82) is 0 Å². The zero-order chi connectivity index (χ0) is 29.7. The predicted molar refractivity (Wildman–Crippen MR) is 166 cm³/mol. The van der Waals surface area contributed by atoms with Gasteiger partial charge in [-0.2, -0.15) is 0 Å². The SMILES string of the molecule is CCCNc1cc(-c2nc3c(NC(=O)c4ccc(CN5CCN(C(=O)OC(C)(C)C)CC5)cc4)cccc3[nH]2)ccn1. The fourth-order valence-corrected chi connectivity index (χ4v) is 4.83. The molecule has 0 aliphatic carbocycles. The number of hydrogen-bond donors (Lipinski definition) is 3. The Kier molecular flexibility index (Phi) is 8.72. The van der Waals surface area contributed by atoms with E-state index in [1.54, 1.807) is 11.1 Å². The second-order valence-corrected chi connectivity index (χ2v) is 11.5. The highest BCUT2D eigenvalue weighted by Crippen LogP contribution is 2.27. The van der Waals surface area contributed by atoms with Crippen LogP contribution in [0.2, 0.25) is 0 Å². The molecular formula is C32H39N7O3. The first-order chi connectivity index (χ1) is 20.2. The van der Waals surface area contributed by atoms with E-state index in [0.29, 0.717) is 35.7 Å². The highest BCUT2D eigenvalue weighted by Gasteiger charge is 2.26. The number of carbonyl (C=O) groups excluding carboxylic acids is 2. The van der Waals surface area contributed by atoms with Crippen LogP contribution in [0.25, 0.3) is 22.4 Å². The standard InChI is InChI=1S/C32H39N7O3/c1-5-14-33-27-20-24(13-15-34-27)29-35-25-7-6-8-26(28(25)37-29)36-30(40)23-11-9-22(10-12-23)21-38-16-18-39(19-17-38)31(41)42-32(2,3)4/h6-13,15,20H,5,14,16-19,21H2,1-4H3,(H,33,34)(H,35,37)(H,36,40). The van der Waals surface area contributed by atoms with Gasteiger partial charge in [-0.05, 0) is 69.2 Å². The Hall–Kier alpha value is -4.44. The fraction of sp³-hybridized carbons (Fsp3) is 0.375. The van der Waals surface area contributed by atoms with E-state index in [1.807, 2.05) is 75.4 Å². The smallest absolute Gasteiger partial charge is 0.410 e. The number of anilines is 2. The molecule has 2 amide bonds. The number of aromatic amines is 1. The minimum Gasteiger partial charge on any atom is -0.444 e. The Labute approximate surface area is 246 Å². The van der Waals surface area contributed by atoms with Gasteiger partial charge in [-0.25, -0.2) is 14.8 Å². The third kappa shape index (κ3) is 7.25. The molecule has 10 nitrogen and oxygen atoms in total. The zero-order valence-corrected chi connectivity index (χ0v) is 24.7. The molecule has 0 spiro atoms. The molecule has 2 aromatic carbocycles. The lowest BCUT2D eigenvalue weighted by Gasteiger charge is -2.35. The number of pyridine rings is 1. The van der Waals surface area contributed by atoms with E-state index in [-0.39, 0.29) is 12.0 Å². The molecule has 3 N–H and O–H groups in total. The first-order valence-electron chi connectivity index (χ1n) is 14.5. The summed E-state index contributed by atoms with van der Waals surface area (Å²) in [6, 6.07) is 17.2. The fourth-order valence-electron chi connectivity index (χ4n) is 4.83. The van der Waals surface area contributed by atoms with Crippen molar-refractivity contribution in [3.63, 3.8) is 0 Å². The van der Waals surface area contributed by atoms with Crippen LogP contribution in [0.5, 0.6) is 0 Å². The van der Waals surface area contributed by atoms with Gasteiger partial charge >= 0.3 is 6.09 Å². The van der Waals surface area contributed by atoms with Crippen LogP contribution >= 0.6 is 0 Å². The van der Waals surface area contributed by atoms with Gasteiger partial charge in [0.2, 0.25) is 0 Å². The molecule has 220 valence electrons. The number of H-pyrrole nitrogens is 1. The molecule has 1 saturated heterocycles. The molecule has 0 radical (unpaired) electrons. The van der Waals surface area contributed by atoms with Gasteiger partial charge < -0.3 is 25.3 Å². The van der Waals surface area contributed by atoms with Gasteiger partial charge in [0.1, 0.15) is 22.8 Å². The average Bonchev–Trinajstić information content (AvgIpc) is 3.42. The molecule has 1 aliphatic rings. The highest BCUT2D eigenvalue weighted by atomic mass is 16.6. The van der Waals surface area contributed by atoms with E-state index in [0.717, 1.165) is 55.1 Å². The van der Waals surface area contributed by atoms with Crippen molar-refractivity contribution in [2.24, 2.45) is 0 Å². The number of fused-ring (bicyclic) bond motifs is 1. The summed E-state index contributed by atoms with van der Waals surface area (Å²) in [5.74, 6) is 1.32. The van der Waals surface area contributed by atoms with Gasteiger partial charge in [0.05, 0.1) is 11.2 Å². The Morgan fingerprint density at radius 2 is 1.79 bits per heavy atom.